The maximum atomic E-state index is 13.0. The lowest BCUT2D eigenvalue weighted by molar-refractivity contribution is -0.139. The number of carbonyl (C=O) groups is 4. The van der Waals surface area contributed by atoms with Crippen LogP contribution in [0.4, 0.5) is 23.7 Å². The fourth-order valence-corrected chi connectivity index (χ4v) is 2.76. The normalized spacial score (nSPS) is 19.1. The van der Waals surface area contributed by atoms with Gasteiger partial charge in [-0.05, 0) is 32.5 Å². The van der Waals surface area contributed by atoms with Crippen LogP contribution in [0.3, 0.4) is 0 Å². The molecule has 0 spiro atoms. The molecule has 3 N–H and O–H groups in total. The van der Waals surface area contributed by atoms with Crippen molar-refractivity contribution >= 4 is 29.4 Å². The second-order valence-corrected chi connectivity index (χ2v) is 7.06. The number of hydrazine groups is 1. The topological polar surface area (TPSA) is 111 Å². The van der Waals surface area contributed by atoms with Crippen LogP contribution in [0.2, 0.25) is 0 Å². The third-order valence-corrected chi connectivity index (χ3v) is 4.54. The Morgan fingerprint density at radius 3 is 2.33 bits per heavy atom. The summed E-state index contributed by atoms with van der Waals surface area (Å²) in [6, 6.07) is 3.74. The van der Waals surface area contributed by atoms with Gasteiger partial charge >= 0.3 is 12.2 Å². The summed E-state index contributed by atoms with van der Waals surface area (Å²) >= 11 is 0. The Morgan fingerprint density at radius 2 is 1.77 bits per heavy atom. The van der Waals surface area contributed by atoms with Crippen molar-refractivity contribution in [1.82, 2.24) is 20.7 Å². The number of alkyl halides is 3. The quantitative estimate of drug-likeness (QED) is 0.567. The molecule has 2 rings (SSSR count). The summed E-state index contributed by atoms with van der Waals surface area (Å²) in [5.41, 5.74) is -0.348. The number of rotatable bonds is 7. The largest absolute Gasteiger partial charge is 0.418 e. The van der Waals surface area contributed by atoms with Gasteiger partial charge in [-0.25, -0.2) is 4.79 Å². The van der Waals surface area contributed by atoms with E-state index in [1.165, 1.54) is 31.0 Å². The van der Waals surface area contributed by atoms with Crippen LogP contribution in [0.1, 0.15) is 25.8 Å². The predicted octanol–water partition coefficient (Wildman–Crippen LogP) is 1.33. The molecule has 30 heavy (non-hydrogen) atoms. The SMILES string of the molecule is CCC1(C)NC(=O)N(NC(=O)CN(C)CC(=O)Nc2ccccc2C(F)(F)F)C1=O. The lowest BCUT2D eigenvalue weighted by Gasteiger charge is -2.21. The maximum absolute atomic E-state index is 13.0. The number of anilines is 1. The summed E-state index contributed by atoms with van der Waals surface area (Å²) < 4.78 is 39.0. The van der Waals surface area contributed by atoms with Crippen LogP contribution in [0.25, 0.3) is 0 Å². The van der Waals surface area contributed by atoms with E-state index in [0.29, 0.717) is 11.4 Å². The molecule has 9 nitrogen and oxygen atoms in total. The number of amides is 5. The molecule has 164 valence electrons. The smallest absolute Gasteiger partial charge is 0.324 e. The molecule has 1 aromatic rings. The van der Waals surface area contributed by atoms with Crippen LogP contribution in [-0.2, 0) is 20.6 Å². The molecule has 1 atom stereocenters. The molecule has 0 saturated carbocycles. The third kappa shape index (κ3) is 5.26. The zero-order chi connectivity index (χ0) is 22.7. The molecule has 1 unspecified atom stereocenters. The van der Waals surface area contributed by atoms with E-state index in [2.05, 4.69) is 16.1 Å². The zero-order valence-corrected chi connectivity index (χ0v) is 16.6. The summed E-state index contributed by atoms with van der Waals surface area (Å²) in [6.45, 7) is 2.45. The van der Waals surface area contributed by atoms with Crippen LogP contribution in [-0.4, -0.2) is 59.3 Å². The summed E-state index contributed by atoms with van der Waals surface area (Å²) in [5.74, 6) is -2.13. The Kier molecular flexibility index (Phi) is 6.70. The Labute approximate surface area is 170 Å². The first-order chi connectivity index (χ1) is 13.9. The average molecular weight is 429 g/mol. The van der Waals surface area contributed by atoms with Crippen LogP contribution in [0.15, 0.2) is 24.3 Å². The molecular weight excluding hydrogens is 407 g/mol. The molecule has 0 radical (unpaired) electrons. The van der Waals surface area contributed by atoms with Gasteiger partial charge in [-0.15, -0.1) is 0 Å². The molecule has 1 aliphatic heterocycles. The number of halogens is 3. The van der Waals surface area contributed by atoms with Crippen molar-refractivity contribution in [2.24, 2.45) is 0 Å². The van der Waals surface area contributed by atoms with E-state index in [4.69, 9.17) is 0 Å². The predicted molar refractivity (Wildman–Crippen MR) is 99.8 cm³/mol. The van der Waals surface area contributed by atoms with Gasteiger partial charge < -0.3 is 10.6 Å². The van der Waals surface area contributed by atoms with E-state index < -0.39 is 53.3 Å². The number of hydrogen-bond acceptors (Lipinski definition) is 5. The van der Waals surface area contributed by atoms with Gasteiger partial charge in [-0.2, -0.15) is 18.2 Å². The second kappa shape index (κ2) is 8.69. The Hall–Kier alpha value is -3.15. The number of hydrogen-bond donors (Lipinski definition) is 3. The Bertz CT molecular complexity index is 860. The third-order valence-electron chi connectivity index (χ3n) is 4.54. The zero-order valence-electron chi connectivity index (χ0n) is 16.6. The van der Waals surface area contributed by atoms with Crippen molar-refractivity contribution in [3.8, 4) is 0 Å². The molecule has 0 aromatic heterocycles. The molecule has 1 heterocycles. The minimum Gasteiger partial charge on any atom is -0.324 e. The first-order valence-electron chi connectivity index (χ1n) is 8.98. The van der Waals surface area contributed by atoms with E-state index in [-0.39, 0.29) is 6.54 Å². The minimum absolute atomic E-state index is 0.323. The molecule has 1 aliphatic rings. The first kappa shape index (κ1) is 23.1. The highest BCUT2D eigenvalue weighted by Crippen LogP contribution is 2.34. The van der Waals surface area contributed by atoms with Crippen molar-refractivity contribution in [2.45, 2.75) is 32.0 Å². The van der Waals surface area contributed by atoms with E-state index in [9.17, 15) is 32.3 Å². The Balaban J connectivity index is 1.91. The molecule has 1 fully saturated rings. The van der Waals surface area contributed by atoms with E-state index in [1.54, 1.807) is 6.92 Å². The average Bonchev–Trinajstić information content (AvgIpc) is 2.84. The van der Waals surface area contributed by atoms with Gasteiger partial charge in [-0.1, -0.05) is 19.1 Å². The van der Waals surface area contributed by atoms with Crippen molar-refractivity contribution < 1.29 is 32.3 Å². The fourth-order valence-electron chi connectivity index (χ4n) is 2.76. The monoisotopic (exact) mass is 429 g/mol. The summed E-state index contributed by atoms with van der Waals surface area (Å²) in [6.07, 6.45) is -4.31. The van der Waals surface area contributed by atoms with Crippen molar-refractivity contribution in [3.05, 3.63) is 29.8 Å². The second-order valence-electron chi connectivity index (χ2n) is 7.06. The van der Waals surface area contributed by atoms with Crippen molar-refractivity contribution in [2.75, 3.05) is 25.5 Å². The minimum atomic E-state index is -4.63. The van der Waals surface area contributed by atoms with Crippen LogP contribution in [0, 0.1) is 0 Å². The van der Waals surface area contributed by atoms with E-state index in [1.807, 2.05) is 0 Å². The van der Waals surface area contributed by atoms with Gasteiger partial charge in [0.15, 0.2) is 0 Å². The van der Waals surface area contributed by atoms with E-state index >= 15 is 0 Å². The van der Waals surface area contributed by atoms with Gasteiger partial charge in [0.05, 0.1) is 24.3 Å². The van der Waals surface area contributed by atoms with Crippen molar-refractivity contribution in [1.29, 1.82) is 0 Å². The van der Waals surface area contributed by atoms with Crippen LogP contribution >= 0.6 is 0 Å². The Morgan fingerprint density at radius 1 is 1.17 bits per heavy atom. The maximum Gasteiger partial charge on any atom is 0.418 e. The van der Waals surface area contributed by atoms with E-state index in [0.717, 1.165) is 12.1 Å². The van der Waals surface area contributed by atoms with Gasteiger partial charge in [0.2, 0.25) is 5.91 Å². The number of carbonyl (C=O) groups excluding carboxylic acids is 4. The molecule has 0 bridgehead atoms. The van der Waals surface area contributed by atoms with Gasteiger partial charge in [-0.3, -0.25) is 24.7 Å². The molecule has 1 aromatic carbocycles. The lowest BCUT2D eigenvalue weighted by atomic mass is 10.00. The van der Waals surface area contributed by atoms with Gasteiger partial charge in [0.1, 0.15) is 5.54 Å². The molecule has 5 amide bonds. The molecule has 1 saturated heterocycles. The number of nitrogens with one attached hydrogen (secondary N) is 3. The number of nitrogens with zero attached hydrogens (tertiary/aromatic N) is 2. The highest BCUT2D eigenvalue weighted by Gasteiger charge is 2.47. The van der Waals surface area contributed by atoms with Gasteiger partial charge in [0.25, 0.3) is 11.8 Å². The number of imide groups is 1. The van der Waals surface area contributed by atoms with Crippen LogP contribution < -0.4 is 16.1 Å². The first-order valence-corrected chi connectivity index (χ1v) is 8.98. The molecule has 12 heteroatoms. The number of likely N-dealkylation sites (N-methyl/N-ethyl adjacent to an activating group) is 1. The standard InChI is InChI=1S/C18H22F3N5O4/c1-4-17(2)15(29)26(16(30)23-17)24-14(28)10-25(3)9-13(27)22-12-8-6-5-7-11(12)18(19,20)21/h5-8H,4,9-10H2,1-3H3,(H,22,27)(H,23,30)(H,24,28). The lowest BCUT2D eigenvalue weighted by Crippen LogP contribution is -2.51. The summed E-state index contributed by atoms with van der Waals surface area (Å²) in [7, 11) is 1.39. The molecular formula is C18H22F3N5O4. The summed E-state index contributed by atoms with van der Waals surface area (Å²) in [5, 5.41) is 5.20. The number of benzene rings is 1. The summed E-state index contributed by atoms with van der Waals surface area (Å²) in [4.78, 5) is 49.5. The number of urea groups is 1. The number of para-hydroxylation sites is 1. The fraction of sp³-hybridized carbons (Fsp3) is 0.444. The van der Waals surface area contributed by atoms with Crippen LogP contribution in [0.5, 0.6) is 0 Å². The van der Waals surface area contributed by atoms with Crippen molar-refractivity contribution in [3.63, 3.8) is 0 Å². The molecule has 0 aliphatic carbocycles. The highest BCUT2D eigenvalue weighted by atomic mass is 19.4. The van der Waals surface area contributed by atoms with Gasteiger partial charge in [0, 0.05) is 0 Å². The highest BCUT2D eigenvalue weighted by molar-refractivity contribution is 6.07.